The maximum atomic E-state index is 5.17. The van der Waals surface area contributed by atoms with Gasteiger partial charge in [-0.05, 0) is 65.7 Å². The number of benzene rings is 8. The van der Waals surface area contributed by atoms with E-state index in [0.29, 0.717) is 17.5 Å². The highest BCUT2D eigenvalue weighted by molar-refractivity contribution is 7.99. The van der Waals surface area contributed by atoms with Crippen molar-refractivity contribution >= 4 is 76.1 Å². The summed E-state index contributed by atoms with van der Waals surface area (Å²) in [6.45, 7) is 0. The summed E-state index contributed by atoms with van der Waals surface area (Å²) >= 11 is 3.64. The lowest BCUT2D eigenvalue weighted by Gasteiger charge is -2.21. The van der Waals surface area contributed by atoms with Crippen molar-refractivity contribution in [3.05, 3.63) is 188 Å². The van der Waals surface area contributed by atoms with E-state index in [1.807, 2.05) is 30.0 Å². The minimum Gasteiger partial charge on any atom is -0.295 e. The molecule has 0 unspecified atom stereocenters. The molecule has 0 bridgehead atoms. The Kier molecular flexibility index (Phi) is 7.34. The van der Waals surface area contributed by atoms with E-state index in [1.54, 1.807) is 11.3 Å². The molecule has 5 heterocycles. The van der Waals surface area contributed by atoms with Gasteiger partial charge in [0, 0.05) is 68.5 Å². The fourth-order valence-electron chi connectivity index (χ4n) is 9.07. The van der Waals surface area contributed by atoms with Crippen LogP contribution in [0.25, 0.3) is 110 Å². The van der Waals surface area contributed by atoms with Crippen molar-refractivity contribution in [2.45, 2.75) is 9.79 Å². The van der Waals surface area contributed by atoms with Crippen LogP contribution in [-0.2, 0) is 0 Å². The summed E-state index contributed by atoms with van der Waals surface area (Å²) in [5, 5.41) is 6.23. The van der Waals surface area contributed by atoms with Gasteiger partial charge in [-0.1, -0.05) is 145 Å². The smallest absolute Gasteiger partial charge is 0.165 e. The fourth-order valence-corrected chi connectivity index (χ4v) is 11.4. The predicted molar refractivity (Wildman–Crippen MR) is 250 cm³/mol. The average molecular weight is 802 g/mol. The average Bonchev–Trinajstić information content (AvgIpc) is 3.98. The van der Waals surface area contributed by atoms with Crippen LogP contribution in [0.15, 0.2) is 198 Å². The van der Waals surface area contributed by atoms with E-state index in [2.05, 4.69) is 179 Å². The molecule has 0 atom stereocenters. The van der Waals surface area contributed by atoms with E-state index < -0.39 is 0 Å². The van der Waals surface area contributed by atoms with Gasteiger partial charge in [0.05, 0.1) is 16.7 Å². The number of hydrogen-bond donors (Lipinski definition) is 0. The number of fused-ring (bicyclic) bond motifs is 10. The summed E-state index contributed by atoms with van der Waals surface area (Å²) in [5.74, 6) is 1.97. The number of thiophene rings is 1. The first-order valence-electron chi connectivity index (χ1n) is 20.0. The molecule has 0 aliphatic carbocycles. The van der Waals surface area contributed by atoms with Crippen LogP contribution in [-0.4, -0.2) is 24.1 Å². The summed E-state index contributed by atoms with van der Waals surface area (Å²) in [6.07, 6.45) is 0. The lowest BCUT2D eigenvalue weighted by atomic mass is 10.0. The predicted octanol–water partition coefficient (Wildman–Crippen LogP) is 14.4. The molecule has 4 aromatic heterocycles. The number of para-hydroxylation sites is 3. The van der Waals surface area contributed by atoms with E-state index in [-0.39, 0.29) is 0 Å². The van der Waals surface area contributed by atoms with Crippen LogP contribution in [0.5, 0.6) is 0 Å². The SMILES string of the molecule is c1ccc(-c2nc(-c3ccc(-c4ccc5c(c4)c4c6cccc7c6n(c4n5-c4ccccc4)-c4ccccc4S7)cc3)nc(-c3cccc4c3sc3ccccc34)n2)cc1. The molecule has 0 spiro atoms. The van der Waals surface area contributed by atoms with Gasteiger partial charge >= 0.3 is 0 Å². The Bertz CT molecular complexity index is 3680. The molecule has 0 saturated heterocycles. The molecule has 8 aromatic carbocycles. The van der Waals surface area contributed by atoms with Crippen LogP contribution in [0.1, 0.15) is 0 Å². The van der Waals surface area contributed by atoms with Crippen LogP contribution in [0.2, 0.25) is 0 Å². The molecule has 0 saturated carbocycles. The third-order valence-corrected chi connectivity index (χ3v) is 14.1. The second kappa shape index (κ2) is 13.1. The largest absolute Gasteiger partial charge is 0.295 e. The topological polar surface area (TPSA) is 48.5 Å². The standard InChI is InChI=1S/C53H31N5S2/c1-3-13-33(14-4-1)50-54-51(56-52(55-50)40-20-11-18-38-37-17-7-9-22-44(37)60-49(38)40)34-27-25-32(26-28-34)35-29-30-42-41(31-35)47-39-19-12-24-46-48(39)58(43-21-8-10-23-45(43)59-46)53(47)57(42)36-15-5-2-6-16-36/h1-31H. The van der Waals surface area contributed by atoms with Gasteiger partial charge < -0.3 is 0 Å². The zero-order chi connectivity index (χ0) is 39.3. The molecular weight excluding hydrogens is 771 g/mol. The molecule has 0 fully saturated rings. The van der Waals surface area contributed by atoms with Crippen molar-refractivity contribution in [1.82, 2.24) is 24.1 Å². The summed E-state index contributed by atoms with van der Waals surface area (Å²) in [6, 6.07) is 67.1. The zero-order valence-corrected chi connectivity index (χ0v) is 33.6. The number of hydrogen-bond acceptors (Lipinski definition) is 5. The molecule has 0 N–H and O–H groups in total. The lowest BCUT2D eigenvalue weighted by Crippen LogP contribution is -2.05. The van der Waals surface area contributed by atoms with E-state index in [1.165, 1.54) is 68.5 Å². The summed E-state index contributed by atoms with van der Waals surface area (Å²) in [4.78, 5) is 17.9. The molecule has 60 heavy (non-hydrogen) atoms. The molecule has 0 radical (unpaired) electrons. The van der Waals surface area contributed by atoms with E-state index in [4.69, 9.17) is 15.0 Å². The Labute approximate surface area is 352 Å². The first-order valence-corrected chi connectivity index (χ1v) is 21.7. The Hall–Kier alpha value is -7.32. The molecule has 5 nitrogen and oxygen atoms in total. The number of aromatic nitrogens is 5. The monoisotopic (exact) mass is 801 g/mol. The van der Waals surface area contributed by atoms with Gasteiger partial charge in [0.2, 0.25) is 0 Å². The Morgan fingerprint density at radius 1 is 0.417 bits per heavy atom. The second-order valence-corrected chi connectivity index (χ2v) is 17.3. The van der Waals surface area contributed by atoms with Crippen LogP contribution in [0.3, 0.4) is 0 Å². The third kappa shape index (κ3) is 5.03. The lowest BCUT2D eigenvalue weighted by molar-refractivity contribution is 1.03. The zero-order valence-electron chi connectivity index (χ0n) is 32.0. The van der Waals surface area contributed by atoms with Gasteiger partial charge in [-0.2, -0.15) is 0 Å². The molecule has 13 rings (SSSR count). The maximum absolute atomic E-state index is 5.17. The third-order valence-electron chi connectivity index (χ3n) is 11.8. The van der Waals surface area contributed by atoms with Crippen LogP contribution in [0.4, 0.5) is 0 Å². The molecule has 7 heteroatoms. The Morgan fingerprint density at radius 2 is 1.05 bits per heavy atom. The van der Waals surface area contributed by atoms with Gasteiger partial charge in [-0.25, -0.2) is 15.0 Å². The Balaban J connectivity index is 0.972. The summed E-state index contributed by atoms with van der Waals surface area (Å²) < 4.78 is 7.36. The highest BCUT2D eigenvalue weighted by Crippen LogP contribution is 2.50. The van der Waals surface area contributed by atoms with Crippen molar-refractivity contribution in [2.24, 2.45) is 0 Å². The minimum atomic E-state index is 0.646. The van der Waals surface area contributed by atoms with Crippen LogP contribution in [0, 0.1) is 0 Å². The van der Waals surface area contributed by atoms with Crippen molar-refractivity contribution in [2.75, 3.05) is 0 Å². The van der Waals surface area contributed by atoms with Gasteiger partial charge in [0.15, 0.2) is 17.5 Å². The van der Waals surface area contributed by atoms with Crippen molar-refractivity contribution in [3.63, 3.8) is 0 Å². The van der Waals surface area contributed by atoms with Gasteiger partial charge in [-0.3, -0.25) is 9.13 Å². The van der Waals surface area contributed by atoms with Gasteiger partial charge in [0.25, 0.3) is 0 Å². The minimum absolute atomic E-state index is 0.646. The van der Waals surface area contributed by atoms with Gasteiger partial charge in [-0.15, -0.1) is 11.3 Å². The van der Waals surface area contributed by atoms with Gasteiger partial charge in [0.1, 0.15) is 5.65 Å². The summed E-state index contributed by atoms with van der Waals surface area (Å²) in [5.41, 5.74) is 11.2. The van der Waals surface area contributed by atoms with Crippen molar-refractivity contribution in [3.8, 4) is 56.7 Å². The van der Waals surface area contributed by atoms with Crippen LogP contribution >= 0.6 is 23.1 Å². The second-order valence-electron chi connectivity index (χ2n) is 15.2. The van der Waals surface area contributed by atoms with Crippen LogP contribution < -0.4 is 0 Å². The van der Waals surface area contributed by atoms with E-state index >= 15 is 0 Å². The van der Waals surface area contributed by atoms with Crippen molar-refractivity contribution in [1.29, 1.82) is 0 Å². The maximum Gasteiger partial charge on any atom is 0.165 e. The van der Waals surface area contributed by atoms with E-state index in [0.717, 1.165) is 33.5 Å². The molecule has 1 aliphatic heterocycles. The molecule has 1 aliphatic rings. The fraction of sp³-hybridized carbons (Fsp3) is 0. The molecular formula is C53H31N5S2. The van der Waals surface area contributed by atoms with E-state index in [9.17, 15) is 0 Å². The highest BCUT2D eigenvalue weighted by atomic mass is 32.2. The highest BCUT2D eigenvalue weighted by Gasteiger charge is 2.28. The first-order chi connectivity index (χ1) is 29.7. The number of rotatable bonds is 5. The normalized spacial score (nSPS) is 12.3. The first kappa shape index (κ1) is 33.6. The molecule has 280 valence electrons. The summed E-state index contributed by atoms with van der Waals surface area (Å²) in [7, 11) is 0. The number of nitrogens with zero attached hydrogens (tertiary/aromatic N) is 5. The van der Waals surface area contributed by atoms with Crippen molar-refractivity contribution < 1.29 is 0 Å². The molecule has 12 aromatic rings. The Morgan fingerprint density at radius 3 is 1.90 bits per heavy atom. The quantitative estimate of drug-likeness (QED) is 0.174. The molecule has 0 amide bonds.